The Bertz CT molecular complexity index is 620. The van der Waals surface area contributed by atoms with Crippen LogP contribution in [0.1, 0.15) is 35.4 Å². The molecule has 1 aromatic heterocycles. The number of piperidine rings is 1. The molecule has 1 amide bonds. The van der Waals surface area contributed by atoms with Crippen LogP contribution in [0.2, 0.25) is 0 Å². The fraction of sp³-hybridized carbons (Fsp3) is 0.444. The van der Waals surface area contributed by atoms with Crippen LogP contribution in [0.25, 0.3) is 10.6 Å². The molecule has 1 aliphatic heterocycles. The second-order valence-electron chi connectivity index (χ2n) is 5.91. The Morgan fingerprint density at radius 3 is 2.74 bits per heavy atom. The molecule has 0 unspecified atom stereocenters. The number of likely N-dealkylation sites (tertiary alicyclic amines) is 1. The number of carbonyl (C=O) groups is 1. The number of thiazole rings is 1. The van der Waals surface area contributed by atoms with Crippen molar-refractivity contribution in [3.8, 4) is 10.6 Å². The Labute approximate surface area is 141 Å². The van der Waals surface area contributed by atoms with Crippen molar-refractivity contribution in [2.75, 3.05) is 26.2 Å². The molecule has 1 fully saturated rings. The summed E-state index contributed by atoms with van der Waals surface area (Å²) in [5, 5.41) is 3.90. The molecule has 4 nitrogen and oxygen atoms in total. The number of hydrogen-bond acceptors (Lipinski definition) is 4. The summed E-state index contributed by atoms with van der Waals surface area (Å²) in [6, 6.07) is 9.97. The first-order valence-corrected chi connectivity index (χ1v) is 9.16. The third-order valence-corrected chi connectivity index (χ3v) is 5.18. The Balaban J connectivity index is 1.44. The lowest BCUT2D eigenvalue weighted by atomic mass is 10.1. The van der Waals surface area contributed by atoms with Crippen molar-refractivity contribution in [3.63, 3.8) is 0 Å². The zero-order chi connectivity index (χ0) is 15.9. The average Bonchev–Trinajstić information content (AvgIpc) is 3.10. The molecule has 1 saturated heterocycles. The molecule has 1 aromatic carbocycles. The fourth-order valence-corrected chi connectivity index (χ4v) is 3.71. The zero-order valence-electron chi connectivity index (χ0n) is 13.3. The number of benzene rings is 1. The maximum Gasteiger partial charge on any atom is 0.263 e. The van der Waals surface area contributed by atoms with Crippen LogP contribution in [-0.4, -0.2) is 42.0 Å². The van der Waals surface area contributed by atoms with Gasteiger partial charge in [0, 0.05) is 12.1 Å². The van der Waals surface area contributed by atoms with E-state index in [9.17, 15) is 4.79 Å². The van der Waals surface area contributed by atoms with Crippen LogP contribution in [0.3, 0.4) is 0 Å². The van der Waals surface area contributed by atoms with Crippen molar-refractivity contribution < 1.29 is 4.79 Å². The predicted molar refractivity (Wildman–Crippen MR) is 94.8 cm³/mol. The van der Waals surface area contributed by atoms with Gasteiger partial charge in [-0.05, 0) is 38.9 Å². The smallest absolute Gasteiger partial charge is 0.263 e. The van der Waals surface area contributed by atoms with Crippen molar-refractivity contribution in [2.24, 2.45) is 0 Å². The molecule has 1 aliphatic rings. The van der Waals surface area contributed by atoms with Crippen molar-refractivity contribution >= 4 is 17.2 Å². The van der Waals surface area contributed by atoms with Crippen molar-refractivity contribution in [2.45, 2.75) is 25.7 Å². The van der Waals surface area contributed by atoms with Crippen LogP contribution in [-0.2, 0) is 0 Å². The van der Waals surface area contributed by atoms with Crippen LogP contribution in [0.4, 0.5) is 0 Å². The highest BCUT2D eigenvalue weighted by atomic mass is 32.1. The third-order valence-electron chi connectivity index (χ3n) is 4.14. The maximum absolute atomic E-state index is 12.2. The monoisotopic (exact) mass is 329 g/mol. The number of amides is 1. The maximum atomic E-state index is 12.2. The summed E-state index contributed by atoms with van der Waals surface area (Å²) in [5.41, 5.74) is 1.06. The Morgan fingerprint density at radius 2 is 1.96 bits per heavy atom. The first-order chi connectivity index (χ1) is 11.3. The summed E-state index contributed by atoms with van der Waals surface area (Å²) in [6.07, 6.45) is 6.68. The van der Waals surface area contributed by atoms with E-state index >= 15 is 0 Å². The average molecular weight is 329 g/mol. The summed E-state index contributed by atoms with van der Waals surface area (Å²) in [4.78, 5) is 19.7. The van der Waals surface area contributed by atoms with E-state index in [1.807, 2.05) is 30.3 Å². The summed E-state index contributed by atoms with van der Waals surface area (Å²) in [5.74, 6) is -0.0108. The zero-order valence-corrected chi connectivity index (χ0v) is 14.1. The summed E-state index contributed by atoms with van der Waals surface area (Å²) in [6.45, 7) is 4.23. The highest BCUT2D eigenvalue weighted by molar-refractivity contribution is 7.16. The minimum atomic E-state index is -0.0108. The quantitative estimate of drug-likeness (QED) is 0.826. The topological polar surface area (TPSA) is 45.2 Å². The molecule has 23 heavy (non-hydrogen) atoms. The predicted octanol–water partition coefficient (Wildman–Crippen LogP) is 3.42. The van der Waals surface area contributed by atoms with Gasteiger partial charge in [0.1, 0.15) is 9.88 Å². The molecule has 3 rings (SSSR count). The van der Waals surface area contributed by atoms with Crippen LogP contribution < -0.4 is 5.32 Å². The fourth-order valence-electron chi connectivity index (χ4n) is 2.87. The van der Waals surface area contributed by atoms with Gasteiger partial charge in [0.15, 0.2) is 0 Å². The molecule has 0 radical (unpaired) electrons. The van der Waals surface area contributed by atoms with E-state index in [2.05, 4.69) is 15.2 Å². The van der Waals surface area contributed by atoms with Gasteiger partial charge in [0.05, 0.1) is 6.20 Å². The number of nitrogens with one attached hydrogen (secondary N) is 1. The molecule has 0 atom stereocenters. The van der Waals surface area contributed by atoms with E-state index in [1.54, 1.807) is 6.20 Å². The van der Waals surface area contributed by atoms with Crippen molar-refractivity contribution in [1.29, 1.82) is 0 Å². The van der Waals surface area contributed by atoms with E-state index in [1.165, 1.54) is 43.7 Å². The largest absolute Gasteiger partial charge is 0.351 e. The van der Waals surface area contributed by atoms with Crippen LogP contribution >= 0.6 is 11.3 Å². The Morgan fingerprint density at radius 1 is 1.17 bits per heavy atom. The second kappa shape index (κ2) is 8.22. The minimum Gasteiger partial charge on any atom is -0.351 e. The van der Waals surface area contributed by atoms with Crippen LogP contribution in [0.5, 0.6) is 0 Å². The van der Waals surface area contributed by atoms with Crippen molar-refractivity contribution in [1.82, 2.24) is 15.2 Å². The van der Waals surface area contributed by atoms with Gasteiger partial charge in [-0.1, -0.05) is 36.8 Å². The molecule has 0 spiro atoms. The normalized spacial score (nSPS) is 15.5. The van der Waals surface area contributed by atoms with Crippen LogP contribution in [0.15, 0.2) is 36.5 Å². The Hall–Kier alpha value is -1.72. The van der Waals surface area contributed by atoms with E-state index in [0.717, 1.165) is 30.1 Å². The van der Waals surface area contributed by atoms with E-state index < -0.39 is 0 Å². The number of rotatable bonds is 6. The highest BCUT2D eigenvalue weighted by Gasteiger charge is 2.12. The molecule has 2 aromatic rings. The number of aromatic nitrogens is 1. The first-order valence-electron chi connectivity index (χ1n) is 8.35. The van der Waals surface area contributed by atoms with Gasteiger partial charge in [-0.2, -0.15) is 0 Å². The number of hydrogen-bond donors (Lipinski definition) is 1. The first kappa shape index (κ1) is 16.1. The molecule has 2 heterocycles. The minimum absolute atomic E-state index is 0.0108. The third kappa shape index (κ3) is 4.62. The molecule has 1 N–H and O–H groups in total. The van der Waals surface area contributed by atoms with E-state index in [0.29, 0.717) is 4.88 Å². The lowest BCUT2D eigenvalue weighted by Gasteiger charge is -2.26. The molecule has 5 heteroatoms. The van der Waals surface area contributed by atoms with Crippen molar-refractivity contribution in [3.05, 3.63) is 41.4 Å². The van der Waals surface area contributed by atoms with Gasteiger partial charge in [-0.15, -0.1) is 11.3 Å². The molecule has 0 saturated carbocycles. The van der Waals surface area contributed by atoms with Gasteiger partial charge in [-0.25, -0.2) is 4.98 Å². The number of nitrogens with zero attached hydrogens (tertiary/aromatic N) is 2. The molecule has 122 valence electrons. The van der Waals surface area contributed by atoms with Gasteiger partial charge in [-0.3, -0.25) is 4.79 Å². The summed E-state index contributed by atoms with van der Waals surface area (Å²) < 4.78 is 0. The molecular formula is C18H23N3OS. The molecule has 0 aliphatic carbocycles. The molecular weight excluding hydrogens is 306 g/mol. The summed E-state index contributed by atoms with van der Waals surface area (Å²) in [7, 11) is 0. The Kier molecular flexibility index (Phi) is 5.77. The van der Waals surface area contributed by atoms with Gasteiger partial charge >= 0.3 is 0 Å². The second-order valence-corrected chi connectivity index (χ2v) is 6.94. The lowest BCUT2D eigenvalue weighted by Crippen LogP contribution is -2.33. The highest BCUT2D eigenvalue weighted by Crippen LogP contribution is 2.24. The molecule has 0 bridgehead atoms. The van der Waals surface area contributed by atoms with Gasteiger partial charge < -0.3 is 10.2 Å². The van der Waals surface area contributed by atoms with E-state index in [4.69, 9.17) is 0 Å². The SMILES string of the molecule is O=C(NCCCN1CCCCC1)c1cnc(-c2ccccc2)s1. The van der Waals surface area contributed by atoms with E-state index in [-0.39, 0.29) is 5.91 Å². The van der Waals surface area contributed by atoms with Gasteiger partial charge in [0.25, 0.3) is 5.91 Å². The number of carbonyl (C=O) groups excluding carboxylic acids is 1. The lowest BCUT2D eigenvalue weighted by molar-refractivity contribution is 0.0955. The van der Waals surface area contributed by atoms with Gasteiger partial charge in [0.2, 0.25) is 0 Å². The van der Waals surface area contributed by atoms with Crippen LogP contribution in [0, 0.1) is 0 Å². The summed E-state index contributed by atoms with van der Waals surface area (Å²) >= 11 is 1.45. The standard InChI is InChI=1S/C18H23N3OS/c22-17(19-10-7-13-21-11-5-2-6-12-21)16-14-20-18(23-16)15-8-3-1-4-9-15/h1,3-4,8-9,14H,2,5-7,10-13H2,(H,19,22).